The fraction of sp³-hybridized carbons (Fsp3) is 0.231. The number of nitrogens with zero attached hydrogens (tertiary/aromatic N) is 5. The normalized spacial score (nSPS) is 14.9. The maximum Gasteiger partial charge on any atom is 0.265 e. The number of aromatic amines is 1. The number of imidazole rings is 1. The van der Waals surface area contributed by atoms with Gasteiger partial charge in [0.2, 0.25) is 0 Å². The lowest BCUT2D eigenvalue weighted by Gasteiger charge is -2.30. The third-order valence-corrected chi connectivity index (χ3v) is 6.44. The van der Waals surface area contributed by atoms with Crippen molar-refractivity contribution in [3.8, 4) is 5.69 Å². The lowest BCUT2D eigenvalue weighted by Crippen LogP contribution is -2.37. The van der Waals surface area contributed by atoms with E-state index in [-0.39, 0.29) is 11.6 Å². The first-order valence-corrected chi connectivity index (χ1v) is 11.7. The maximum atomic E-state index is 14.2. The first-order chi connectivity index (χ1) is 17.2. The van der Waals surface area contributed by atoms with Crippen LogP contribution in [0.1, 0.15) is 18.7 Å². The predicted octanol–water partition coefficient (Wildman–Crippen LogP) is 3.67. The Kier molecular flexibility index (Phi) is 5.38. The zero-order chi connectivity index (χ0) is 23.8. The van der Waals surface area contributed by atoms with Gasteiger partial charge in [-0.15, -0.1) is 0 Å². The Morgan fingerprint density at radius 3 is 2.69 bits per heavy atom. The van der Waals surface area contributed by atoms with Crippen LogP contribution in [0.15, 0.2) is 72.0 Å². The molecule has 5 aromatic rings. The molecule has 9 nitrogen and oxygen atoms in total. The van der Waals surface area contributed by atoms with Gasteiger partial charge in [-0.2, -0.15) is 0 Å². The summed E-state index contributed by atoms with van der Waals surface area (Å²) in [5, 5.41) is 5.08. The smallest absolute Gasteiger partial charge is 0.265 e. The number of hydrogen-bond donors (Lipinski definition) is 2. The predicted molar refractivity (Wildman–Crippen MR) is 136 cm³/mol. The molecular weight excluding hydrogens is 442 g/mol. The summed E-state index contributed by atoms with van der Waals surface area (Å²) in [6.07, 6.45) is 3.08. The van der Waals surface area contributed by atoms with Crippen LogP contribution < -0.4 is 15.8 Å². The van der Waals surface area contributed by atoms with Crippen molar-refractivity contribution in [2.45, 2.75) is 13.0 Å². The number of benzene rings is 2. The molecule has 2 aromatic carbocycles. The molecule has 0 bridgehead atoms. The van der Waals surface area contributed by atoms with Crippen LogP contribution >= 0.6 is 0 Å². The van der Waals surface area contributed by atoms with E-state index >= 15 is 0 Å². The molecule has 0 amide bonds. The Labute approximate surface area is 201 Å². The van der Waals surface area contributed by atoms with Crippen LogP contribution in [0.4, 0.5) is 11.5 Å². The lowest BCUT2D eigenvalue weighted by atomic mass is 10.0. The number of ether oxygens (including phenoxy) is 1. The SMILES string of the molecule is CC(Nc1ncnc2nc[nH]c12)c1cc2cccc(N3CCOCC3)c2c(=O)n1-c1ccccc1. The van der Waals surface area contributed by atoms with E-state index in [0.717, 1.165) is 41.1 Å². The van der Waals surface area contributed by atoms with Gasteiger partial charge in [-0.3, -0.25) is 9.36 Å². The van der Waals surface area contributed by atoms with Gasteiger partial charge >= 0.3 is 0 Å². The van der Waals surface area contributed by atoms with E-state index in [0.29, 0.717) is 30.1 Å². The van der Waals surface area contributed by atoms with Crippen molar-refractivity contribution < 1.29 is 4.74 Å². The lowest BCUT2D eigenvalue weighted by molar-refractivity contribution is 0.123. The van der Waals surface area contributed by atoms with Gasteiger partial charge in [-0.1, -0.05) is 30.3 Å². The van der Waals surface area contributed by atoms with Crippen molar-refractivity contribution in [1.29, 1.82) is 0 Å². The van der Waals surface area contributed by atoms with Crippen LogP contribution in [0.3, 0.4) is 0 Å². The highest BCUT2D eigenvalue weighted by atomic mass is 16.5. The van der Waals surface area contributed by atoms with Gasteiger partial charge in [0, 0.05) is 24.5 Å². The average Bonchev–Trinajstić information content (AvgIpc) is 3.39. The number of H-pyrrole nitrogens is 1. The van der Waals surface area contributed by atoms with Crippen LogP contribution in [0.25, 0.3) is 27.6 Å². The maximum absolute atomic E-state index is 14.2. The van der Waals surface area contributed by atoms with Gasteiger partial charge in [0.05, 0.1) is 36.7 Å². The summed E-state index contributed by atoms with van der Waals surface area (Å²) in [6.45, 7) is 4.86. The van der Waals surface area contributed by atoms with E-state index in [4.69, 9.17) is 4.74 Å². The van der Waals surface area contributed by atoms with Crippen LogP contribution in [-0.2, 0) is 4.74 Å². The molecule has 3 aromatic heterocycles. The van der Waals surface area contributed by atoms with Gasteiger partial charge < -0.3 is 19.9 Å². The number of hydrogen-bond acceptors (Lipinski definition) is 7. The zero-order valence-corrected chi connectivity index (χ0v) is 19.3. The molecule has 35 heavy (non-hydrogen) atoms. The van der Waals surface area contributed by atoms with Gasteiger partial charge in [0.15, 0.2) is 11.5 Å². The molecular formula is C26H25N7O2. The number of para-hydroxylation sites is 1. The Hall–Kier alpha value is -4.24. The van der Waals surface area contributed by atoms with Crippen molar-refractivity contribution in [1.82, 2.24) is 24.5 Å². The Bertz CT molecular complexity index is 1560. The molecule has 1 aliphatic heterocycles. The molecule has 176 valence electrons. The highest BCUT2D eigenvalue weighted by Crippen LogP contribution is 2.30. The van der Waals surface area contributed by atoms with Crippen LogP contribution in [0, 0.1) is 0 Å². The van der Waals surface area contributed by atoms with Crippen molar-refractivity contribution in [3.05, 3.63) is 83.3 Å². The molecule has 1 aliphatic rings. The molecule has 6 rings (SSSR count). The third kappa shape index (κ3) is 3.79. The van der Waals surface area contributed by atoms with Crippen LogP contribution in [0.5, 0.6) is 0 Å². The molecule has 1 unspecified atom stereocenters. The summed E-state index contributed by atoms with van der Waals surface area (Å²) < 4.78 is 7.34. The van der Waals surface area contributed by atoms with Crippen molar-refractivity contribution in [2.24, 2.45) is 0 Å². The number of pyridine rings is 1. The fourth-order valence-corrected chi connectivity index (χ4v) is 4.75. The first-order valence-electron chi connectivity index (χ1n) is 11.7. The monoisotopic (exact) mass is 467 g/mol. The summed E-state index contributed by atoms with van der Waals surface area (Å²) in [5.41, 5.74) is 3.86. The van der Waals surface area contributed by atoms with Gasteiger partial charge in [-0.05, 0) is 36.6 Å². The first kappa shape index (κ1) is 21.3. The number of fused-ring (bicyclic) bond motifs is 2. The minimum absolute atomic E-state index is 0.0474. The van der Waals surface area contributed by atoms with Crippen LogP contribution in [-0.4, -0.2) is 50.8 Å². The molecule has 1 atom stereocenters. The topological polar surface area (TPSA) is 101 Å². The molecule has 1 fully saturated rings. The Morgan fingerprint density at radius 2 is 1.86 bits per heavy atom. The standard InChI is InChI=1S/C26H25N7O2/c1-17(31-25-23-24(28-15-27-23)29-16-30-25)21-14-18-6-5-9-20(32-10-12-35-13-11-32)22(18)26(34)33(21)19-7-3-2-4-8-19/h2-9,14-17H,10-13H2,1H3,(H2,27,28,29,30,31). The number of anilines is 2. The van der Waals surface area contributed by atoms with E-state index in [1.165, 1.54) is 6.33 Å². The summed E-state index contributed by atoms with van der Waals surface area (Å²) in [7, 11) is 0. The second-order valence-corrected chi connectivity index (χ2v) is 8.58. The molecule has 0 spiro atoms. The third-order valence-electron chi connectivity index (χ3n) is 6.44. The Balaban J connectivity index is 1.53. The van der Waals surface area contributed by atoms with E-state index < -0.39 is 0 Å². The largest absolute Gasteiger partial charge is 0.378 e. The molecule has 4 heterocycles. The van der Waals surface area contributed by atoms with Gasteiger partial charge in [0.25, 0.3) is 5.56 Å². The molecule has 0 radical (unpaired) electrons. The number of nitrogens with one attached hydrogen (secondary N) is 2. The molecule has 9 heteroatoms. The fourth-order valence-electron chi connectivity index (χ4n) is 4.75. The Morgan fingerprint density at radius 1 is 1.03 bits per heavy atom. The summed E-state index contributed by atoms with van der Waals surface area (Å²) in [6, 6.07) is 17.7. The van der Waals surface area contributed by atoms with Crippen LogP contribution in [0.2, 0.25) is 0 Å². The molecule has 1 saturated heterocycles. The quantitative estimate of drug-likeness (QED) is 0.407. The highest BCUT2D eigenvalue weighted by molar-refractivity contribution is 5.94. The van der Waals surface area contributed by atoms with E-state index in [1.807, 2.05) is 55.5 Å². The van der Waals surface area contributed by atoms with Gasteiger partial charge in [-0.25, -0.2) is 15.0 Å². The van der Waals surface area contributed by atoms with Crippen molar-refractivity contribution >= 4 is 33.4 Å². The summed E-state index contributed by atoms with van der Waals surface area (Å²) >= 11 is 0. The minimum Gasteiger partial charge on any atom is -0.378 e. The number of aromatic nitrogens is 5. The highest BCUT2D eigenvalue weighted by Gasteiger charge is 2.22. The molecule has 0 aliphatic carbocycles. The minimum atomic E-state index is -0.235. The average molecular weight is 468 g/mol. The summed E-state index contributed by atoms with van der Waals surface area (Å²) in [4.78, 5) is 32.3. The van der Waals surface area contributed by atoms with Gasteiger partial charge in [0.1, 0.15) is 11.8 Å². The van der Waals surface area contributed by atoms with Crippen molar-refractivity contribution in [2.75, 3.05) is 36.5 Å². The van der Waals surface area contributed by atoms with Crippen molar-refractivity contribution in [3.63, 3.8) is 0 Å². The summed E-state index contributed by atoms with van der Waals surface area (Å²) in [5.74, 6) is 0.634. The number of morpholine rings is 1. The van der Waals surface area contributed by atoms with E-state index in [9.17, 15) is 4.79 Å². The van der Waals surface area contributed by atoms with E-state index in [2.05, 4.69) is 36.2 Å². The second kappa shape index (κ2) is 8.84. The molecule has 0 saturated carbocycles. The zero-order valence-electron chi connectivity index (χ0n) is 19.3. The number of rotatable bonds is 5. The van der Waals surface area contributed by atoms with E-state index in [1.54, 1.807) is 10.9 Å². The second-order valence-electron chi connectivity index (χ2n) is 8.58. The molecule has 2 N–H and O–H groups in total.